The van der Waals surface area contributed by atoms with E-state index in [0.29, 0.717) is 5.69 Å². The van der Waals surface area contributed by atoms with E-state index in [1.165, 1.54) is 5.56 Å². The Morgan fingerprint density at radius 3 is 2.65 bits per heavy atom. The summed E-state index contributed by atoms with van der Waals surface area (Å²) in [5.74, 6) is 0.994. The van der Waals surface area contributed by atoms with Gasteiger partial charge in [-0.2, -0.15) is 0 Å². The third-order valence-electron chi connectivity index (χ3n) is 2.35. The molecule has 0 aliphatic carbocycles. The molecular weight excluding hydrogens is 252 g/mol. The van der Waals surface area contributed by atoms with Crippen molar-refractivity contribution in [3.05, 3.63) is 53.3 Å². The number of nitrogens with zero attached hydrogens (tertiary/aromatic N) is 1. The first kappa shape index (κ1) is 12.3. The van der Waals surface area contributed by atoms with Gasteiger partial charge >= 0.3 is 0 Å². The summed E-state index contributed by atoms with van der Waals surface area (Å²) in [6.07, 6.45) is 4.64. The van der Waals surface area contributed by atoms with Crippen LogP contribution in [0.15, 0.2) is 47.6 Å². The second kappa shape index (κ2) is 5.94. The Balaban J connectivity index is 1.90. The molecule has 1 aromatic carbocycles. The molecule has 0 fully saturated rings. The van der Waals surface area contributed by atoms with Crippen LogP contribution < -0.4 is 5.73 Å². The molecule has 0 amide bonds. The number of rotatable bonds is 4. The van der Waals surface area contributed by atoms with Gasteiger partial charge in [0.1, 0.15) is 0 Å². The second-order valence-corrected chi connectivity index (χ2v) is 5.19. The highest BCUT2D eigenvalue weighted by molar-refractivity contribution is 7.99. The number of nitrogens with two attached hydrogens (primary N) is 1. The fourth-order valence-corrected chi connectivity index (χ4v) is 2.73. The van der Waals surface area contributed by atoms with Crippen LogP contribution in [0.4, 0.5) is 5.69 Å². The maximum Gasteiger partial charge on any atom is 0.0562 e. The zero-order valence-electron chi connectivity index (χ0n) is 9.27. The molecule has 2 N–H and O–H groups in total. The zero-order valence-corrected chi connectivity index (χ0v) is 10.8. The summed E-state index contributed by atoms with van der Waals surface area (Å²) in [5, 5.41) is 0.727. The van der Waals surface area contributed by atoms with Crippen molar-refractivity contribution < 1.29 is 0 Å². The van der Waals surface area contributed by atoms with Crippen molar-refractivity contribution in [2.24, 2.45) is 0 Å². The van der Waals surface area contributed by atoms with Crippen LogP contribution in [-0.2, 0) is 6.42 Å². The molecule has 0 aliphatic heterocycles. The highest BCUT2D eigenvalue weighted by atomic mass is 35.5. The molecule has 0 atom stereocenters. The number of pyridine rings is 1. The van der Waals surface area contributed by atoms with Crippen molar-refractivity contribution in [2.45, 2.75) is 11.3 Å². The van der Waals surface area contributed by atoms with Gasteiger partial charge < -0.3 is 5.73 Å². The van der Waals surface area contributed by atoms with E-state index in [1.807, 2.05) is 36.7 Å². The number of thioether (sulfide) groups is 1. The lowest BCUT2D eigenvalue weighted by atomic mass is 10.2. The summed E-state index contributed by atoms with van der Waals surface area (Å²) in [5.41, 5.74) is 7.64. The summed E-state index contributed by atoms with van der Waals surface area (Å²) in [6.45, 7) is 0. The van der Waals surface area contributed by atoms with E-state index in [-0.39, 0.29) is 0 Å². The minimum Gasteiger partial charge on any atom is -0.399 e. The molecule has 17 heavy (non-hydrogen) atoms. The first-order valence-corrected chi connectivity index (χ1v) is 6.69. The largest absolute Gasteiger partial charge is 0.399 e. The summed E-state index contributed by atoms with van der Waals surface area (Å²) >= 11 is 7.84. The highest BCUT2D eigenvalue weighted by Crippen LogP contribution is 2.29. The Morgan fingerprint density at radius 2 is 1.94 bits per heavy atom. The molecule has 0 saturated carbocycles. The van der Waals surface area contributed by atoms with Crippen LogP contribution >= 0.6 is 23.4 Å². The van der Waals surface area contributed by atoms with Gasteiger partial charge in [-0.3, -0.25) is 4.98 Å². The normalized spacial score (nSPS) is 10.4. The van der Waals surface area contributed by atoms with Gasteiger partial charge in [-0.1, -0.05) is 11.6 Å². The summed E-state index contributed by atoms with van der Waals surface area (Å²) in [7, 11) is 0. The average molecular weight is 265 g/mol. The molecule has 1 aromatic heterocycles. The first-order valence-electron chi connectivity index (χ1n) is 5.32. The third kappa shape index (κ3) is 3.65. The molecule has 1 heterocycles. The number of aromatic nitrogens is 1. The van der Waals surface area contributed by atoms with Crippen LogP contribution in [0, 0.1) is 0 Å². The summed E-state index contributed by atoms with van der Waals surface area (Å²) in [4.78, 5) is 5.07. The lowest BCUT2D eigenvalue weighted by Crippen LogP contribution is -1.90. The van der Waals surface area contributed by atoms with Crippen LogP contribution in [0.25, 0.3) is 0 Å². The average Bonchev–Trinajstić information content (AvgIpc) is 2.33. The molecule has 88 valence electrons. The first-order chi connectivity index (χ1) is 8.25. The number of benzene rings is 1. The lowest BCUT2D eigenvalue weighted by molar-refractivity contribution is 1.13. The fraction of sp³-hybridized carbons (Fsp3) is 0.154. The maximum absolute atomic E-state index is 6.10. The van der Waals surface area contributed by atoms with Crippen LogP contribution in [-0.4, -0.2) is 10.7 Å². The molecule has 0 saturated heterocycles. The van der Waals surface area contributed by atoms with Gasteiger partial charge in [0, 0.05) is 28.7 Å². The third-order valence-corrected chi connectivity index (χ3v) is 3.85. The molecule has 0 aliphatic rings. The van der Waals surface area contributed by atoms with Gasteiger partial charge in [-0.15, -0.1) is 11.8 Å². The number of anilines is 1. The Hall–Kier alpha value is -1.19. The quantitative estimate of drug-likeness (QED) is 0.677. The molecule has 0 radical (unpaired) electrons. The van der Waals surface area contributed by atoms with Crippen molar-refractivity contribution in [3.63, 3.8) is 0 Å². The molecular formula is C13H13ClN2S. The smallest absolute Gasteiger partial charge is 0.0562 e. The van der Waals surface area contributed by atoms with E-state index < -0.39 is 0 Å². The number of aryl methyl sites for hydroxylation is 1. The molecule has 0 bridgehead atoms. The molecule has 2 aromatic rings. The second-order valence-electron chi connectivity index (χ2n) is 3.64. The van der Waals surface area contributed by atoms with E-state index in [0.717, 1.165) is 22.1 Å². The molecule has 4 heteroatoms. The van der Waals surface area contributed by atoms with E-state index in [4.69, 9.17) is 17.3 Å². The number of hydrogen-bond acceptors (Lipinski definition) is 3. The summed E-state index contributed by atoms with van der Waals surface area (Å²) < 4.78 is 0. The van der Waals surface area contributed by atoms with Crippen molar-refractivity contribution in [1.82, 2.24) is 4.98 Å². The fourth-order valence-electron chi connectivity index (χ4n) is 1.46. The number of nitrogen functional groups attached to an aromatic ring is 1. The van der Waals surface area contributed by atoms with Gasteiger partial charge in [0.25, 0.3) is 0 Å². The Kier molecular flexibility index (Phi) is 4.29. The van der Waals surface area contributed by atoms with Crippen molar-refractivity contribution in [3.8, 4) is 0 Å². The standard InChI is InChI=1S/C13H13ClN2S/c14-12-9-11(15)1-2-13(12)17-8-5-10-3-6-16-7-4-10/h1-4,6-7,9H,5,8,15H2. The molecule has 2 rings (SSSR count). The van der Waals surface area contributed by atoms with Crippen molar-refractivity contribution >= 4 is 29.1 Å². The van der Waals surface area contributed by atoms with Crippen LogP contribution in [0.1, 0.15) is 5.56 Å². The van der Waals surface area contributed by atoms with E-state index in [9.17, 15) is 0 Å². The Bertz CT molecular complexity index is 488. The van der Waals surface area contributed by atoms with Gasteiger partial charge in [-0.05, 0) is 42.3 Å². The Labute approximate surface area is 110 Å². The SMILES string of the molecule is Nc1ccc(SCCc2ccncc2)c(Cl)c1. The van der Waals surface area contributed by atoms with Crippen LogP contribution in [0.3, 0.4) is 0 Å². The monoisotopic (exact) mass is 264 g/mol. The van der Waals surface area contributed by atoms with E-state index >= 15 is 0 Å². The lowest BCUT2D eigenvalue weighted by Gasteiger charge is -2.05. The van der Waals surface area contributed by atoms with Crippen molar-refractivity contribution in [1.29, 1.82) is 0 Å². The van der Waals surface area contributed by atoms with Gasteiger partial charge in [0.2, 0.25) is 0 Å². The van der Waals surface area contributed by atoms with Gasteiger partial charge in [0.15, 0.2) is 0 Å². The maximum atomic E-state index is 6.10. The molecule has 2 nitrogen and oxygen atoms in total. The van der Waals surface area contributed by atoms with Crippen LogP contribution in [0.2, 0.25) is 5.02 Å². The highest BCUT2D eigenvalue weighted by Gasteiger charge is 2.01. The molecule has 0 unspecified atom stereocenters. The minimum atomic E-state index is 0.702. The van der Waals surface area contributed by atoms with Gasteiger partial charge in [-0.25, -0.2) is 0 Å². The van der Waals surface area contributed by atoms with E-state index in [1.54, 1.807) is 17.8 Å². The predicted molar refractivity (Wildman–Crippen MR) is 74.5 cm³/mol. The van der Waals surface area contributed by atoms with Crippen LogP contribution in [0.5, 0.6) is 0 Å². The summed E-state index contributed by atoms with van der Waals surface area (Å²) in [6, 6.07) is 9.70. The Morgan fingerprint density at radius 1 is 1.18 bits per heavy atom. The van der Waals surface area contributed by atoms with Gasteiger partial charge in [0.05, 0.1) is 5.02 Å². The predicted octanol–water partition coefficient (Wildman–Crippen LogP) is 3.65. The van der Waals surface area contributed by atoms with Crippen molar-refractivity contribution in [2.75, 3.05) is 11.5 Å². The minimum absolute atomic E-state index is 0.702. The van der Waals surface area contributed by atoms with E-state index in [2.05, 4.69) is 4.98 Å². The topological polar surface area (TPSA) is 38.9 Å². The number of hydrogen-bond donors (Lipinski definition) is 1. The molecule has 0 spiro atoms. The number of halogens is 1. The zero-order chi connectivity index (χ0) is 12.1.